The Balaban J connectivity index is 1.65. The summed E-state index contributed by atoms with van der Waals surface area (Å²) in [5.41, 5.74) is 4.42. The maximum Gasteiger partial charge on any atom is 0.305 e. The Morgan fingerprint density at radius 3 is 1.89 bits per heavy atom. The first-order chi connectivity index (χ1) is 17.0. The summed E-state index contributed by atoms with van der Waals surface area (Å²) in [6.45, 7) is 4.82. The fraction of sp³-hybridized carbons (Fsp3) is 0.194. The van der Waals surface area contributed by atoms with Gasteiger partial charge in [-0.05, 0) is 54.8 Å². The highest BCUT2D eigenvalue weighted by molar-refractivity contribution is 5.68. The van der Waals surface area contributed by atoms with Gasteiger partial charge >= 0.3 is 5.97 Å². The van der Waals surface area contributed by atoms with E-state index < -0.39 is 5.97 Å². The fourth-order valence-corrected chi connectivity index (χ4v) is 4.33. The van der Waals surface area contributed by atoms with Crippen LogP contribution in [0.4, 0.5) is 0 Å². The highest BCUT2D eigenvalue weighted by Crippen LogP contribution is 2.35. The Bertz CT molecular complexity index is 1210. The fourth-order valence-electron chi connectivity index (χ4n) is 4.33. The van der Waals surface area contributed by atoms with Crippen LogP contribution in [0.3, 0.4) is 0 Å². The third-order valence-corrected chi connectivity index (χ3v) is 6.28. The zero-order valence-electron chi connectivity index (χ0n) is 20.2. The molecule has 1 unspecified atom stereocenters. The van der Waals surface area contributed by atoms with Crippen LogP contribution < -0.4 is 4.74 Å². The second kappa shape index (κ2) is 11.5. The van der Waals surface area contributed by atoms with Crippen LogP contribution >= 0.6 is 0 Å². The first-order valence-corrected chi connectivity index (χ1v) is 11.9. The molecule has 0 fully saturated rings. The van der Waals surface area contributed by atoms with Crippen molar-refractivity contribution in [2.24, 2.45) is 0 Å². The molecule has 0 bridgehead atoms. The number of carbonyl (C=O) groups is 1. The van der Waals surface area contributed by atoms with Crippen molar-refractivity contribution in [3.63, 3.8) is 0 Å². The highest BCUT2D eigenvalue weighted by Gasteiger charge is 2.28. The Labute approximate surface area is 207 Å². The number of aryl methyl sites for hydroxylation is 1. The second-order valence-electron chi connectivity index (χ2n) is 8.84. The smallest absolute Gasteiger partial charge is 0.305 e. The van der Waals surface area contributed by atoms with E-state index in [1.807, 2.05) is 91.9 Å². The van der Waals surface area contributed by atoms with Gasteiger partial charge in [-0.15, -0.1) is 0 Å². The van der Waals surface area contributed by atoms with Gasteiger partial charge in [0.2, 0.25) is 0 Å². The van der Waals surface area contributed by atoms with Crippen molar-refractivity contribution in [1.29, 1.82) is 0 Å². The molecule has 4 nitrogen and oxygen atoms in total. The van der Waals surface area contributed by atoms with Crippen LogP contribution in [0.25, 0.3) is 0 Å². The van der Waals surface area contributed by atoms with Gasteiger partial charge in [-0.1, -0.05) is 90.5 Å². The highest BCUT2D eigenvalue weighted by atomic mass is 16.5. The molecule has 2 atom stereocenters. The molecule has 0 aliphatic carbocycles. The Hall–Kier alpha value is -3.89. The van der Waals surface area contributed by atoms with Gasteiger partial charge in [0.05, 0.1) is 6.42 Å². The maximum atomic E-state index is 12.0. The van der Waals surface area contributed by atoms with Crippen LogP contribution in [0, 0.1) is 6.92 Å². The number of hydrogen-bond acceptors (Lipinski definition) is 3. The van der Waals surface area contributed by atoms with Gasteiger partial charge in [-0.2, -0.15) is 0 Å². The summed E-state index contributed by atoms with van der Waals surface area (Å²) in [6.07, 6.45) is 0.00216. The maximum absolute atomic E-state index is 12.0. The standard InChI is InChI=1S/C31H31NO3/c1-23-13-17-28(18-14-23)35-29-19-15-27(16-20-29)30(21-31(33)34)32(22-25-9-5-3-6-10-25)24(2)26-11-7-4-8-12-26/h3-20,24,30H,21-22H2,1-2H3,(H,33,34)/t24-,30?/m1/s1. The SMILES string of the molecule is Cc1ccc(Oc2ccc(C(CC(=O)O)N(Cc3ccccc3)[C@H](C)c3ccccc3)cc2)cc1. The molecule has 0 heterocycles. The summed E-state index contributed by atoms with van der Waals surface area (Å²) in [5.74, 6) is 0.666. The molecule has 0 saturated carbocycles. The van der Waals surface area contributed by atoms with Crippen molar-refractivity contribution in [2.75, 3.05) is 0 Å². The van der Waals surface area contributed by atoms with E-state index >= 15 is 0 Å². The van der Waals surface area contributed by atoms with Crippen molar-refractivity contribution >= 4 is 5.97 Å². The predicted molar refractivity (Wildman–Crippen MR) is 140 cm³/mol. The van der Waals surface area contributed by atoms with E-state index in [4.69, 9.17) is 4.74 Å². The minimum atomic E-state index is -0.826. The van der Waals surface area contributed by atoms with E-state index in [-0.39, 0.29) is 18.5 Å². The third kappa shape index (κ3) is 6.58. The van der Waals surface area contributed by atoms with Crippen molar-refractivity contribution in [2.45, 2.75) is 38.9 Å². The van der Waals surface area contributed by atoms with E-state index in [0.29, 0.717) is 6.54 Å². The van der Waals surface area contributed by atoms with Crippen LogP contribution in [0.15, 0.2) is 109 Å². The van der Waals surface area contributed by atoms with E-state index in [9.17, 15) is 9.90 Å². The number of aliphatic carboxylic acids is 1. The molecule has 1 N–H and O–H groups in total. The predicted octanol–water partition coefficient (Wildman–Crippen LogP) is 7.57. The van der Waals surface area contributed by atoms with Gasteiger partial charge in [0.1, 0.15) is 11.5 Å². The van der Waals surface area contributed by atoms with Gasteiger partial charge in [0.15, 0.2) is 0 Å². The van der Waals surface area contributed by atoms with E-state index in [2.05, 4.69) is 36.1 Å². The molecular formula is C31H31NO3. The number of rotatable bonds is 10. The van der Waals surface area contributed by atoms with Gasteiger partial charge in [-0.25, -0.2) is 0 Å². The molecule has 0 aromatic heterocycles. The minimum Gasteiger partial charge on any atom is -0.481 e. The Morgan fingerprint density at radius 2 is 1.31 bits per heavy atom. The normalized spacial score (nSPS) is 12.8. The summed E-state index contributed by atoms with van der Waals surface area (Å²) in [6, 6.07) is 35.8. The average Bonchev–Trinajstić information content (AvgIpc) is 2.88. The topological polar surface area (TPSA) is 49.8 Å². The Kier molecular flexibility index (Phi) is 7.96. The number of hydrogen-bond donors (Lipinski definition) is 1. The summed E-state index contributed by atoms with van der Waals surface area (Å²) in [4.78, 5) is 14.3. The van der Waals surface area contributed by atoms with Gasteiger partial charge in [0.25, 0.3) is 0 Å². The zero-order chi connectivity index (χ0) is 24.6. The third-order valence-electron chi connectivity index (χ3n) is 6.28. The van der Waals surface area contributed by atoms with Crippen molar-refractivity contribution in [3.8, 4) is 11.5 Å². The second-order valence-corrected chi connectivity index (χ2v) is 8.84. The van der Waals surface area contributed by atoms with Gasteiger partial charge < -0.3 is 9.84 Å². The van der Waals surface area contributed by atoms with Crippen LogP contribution in [-0.4, -0.2) is 16.0 Å². The van der Waals surface area contributed by atoms with Gasteiger partial charge in [0, 0.05) is 18.6 Å². The lowest BCUT2D eigenvalue weighted by Crippen LogP contribution is -2.32. The average molecular weight is 466 g/mol. The van der Waals surface area contributed by atoms with Crippen LogP contribution in [0.1, 0.15) is 47.7 Å². The summed E-state index contributed by atoms with van der Waals surface area (Å²) >= 11 is 0. The van der Waals surface area contributed by atoms with Crippen LogP contribution in [0.5, 0.6) is 11.5 Å². The molecule has 35 heavy (non-hydrogen) atoms. The monoisotopic (exact) mass is 465 g/mol. The number of carboxylic acid groups (broad SMARTS) is 1. The molecule has 0 spiro atoms. The number of benzene rings is 4. The molecular weight excluding hydrogens is 434 g/mol. The first-order valence-electron chi connectivity index (χ1n) is 11.9. The lowest BCUT2D eigenvalue weighted by atomic mass is 9.96. The molecule has 0 aliphatic heterocycles. The molecule has 0 saturated heterocycles. The van der Waals surface area contributed by atoms with Crippen LogP contribution in [0.2, 0.25) is 0 Å². The quantitative estimate of drug-likeness (QED) is 0.262. The lowest BCUT2D eigenvalue weighted by Gasteiger charge is -2.36. The molecule has 178 valence electrons. The van der Waals surface area contributed by atoms with Crippen molar-refractivity contribution in [3.05, 3.63) is 131 Å². The number of nitrogens with zero attached hydrogens (tertiary/aromatic N) is 1. The molecule has 0 radical (unpaired) electrons. The lowest BCUT2D eigenvalue weighted by molar-refractivity contribution is -0.138. The minimum absolute atomic E-state index is 0.00216. The largest absolute Gasteiger partial charge is 0.481 e. The first kappa shape index (κ1) is 24.2. The van der Waals surface area contributed by atoms with Crippen LogP contribution in [-0.2, 0) is 11.3 Å². The molecule has 4 heteroatoms. The number of ether oxygens (including phenoxy) is 1. The Morgan fingerprint density at radius 1 is 0.771 bits per heavy atom. The van der Waals surface area contributed by atoms with E-state index in [0.717, 1.165) is 28.2 Å². The molecule has 4 aromatic carbocycles. The van der Waals surface area contributed by atoms with E-state index in [1.165, 1.54) is 5.56 Å². The molecule has 4 aromatic rings. The van der Waals surface area contributed by atoms with E-state index in [1.54, 1.807) is 0 Å². The summed E-state index contributed by atoms with van der Waals surface area (Å²) in [7, 11) is 0. The molecule has 4 rings (SSSR count). The van der Waals surface area contributed by atoms with Crippen molar-refractivity contribution < 1.29 is 14.6 Å². The molecule has 0 amide bonds. The van der Waals surface area contributed by atoms with Crippen molar-refractivity contribution in [1.82, 2.24) is 4.90 Å². The number of carboxylic acids is 1. The van der Waals surface area contributed by atoms with Gasteiger partial charge in [-0.3, -0.25) is 9.69 Å². The summed E-state index contributed by atoms with van der Waals surface area (Å²) in [5, 5.41) is 9.83. The zero-order valence-corrected chi connectivity index (χ0v) is 20.2. The molecule has 0 aliphatic rings. The summed E-state index contributed by atoms with van der Waals surface area (Å²) < 4.78 is 5.99.